The normalized spacial score (nSPS) is 11.8. The summed E-state index contributed by atoms with van der Waals surface area (Å²) in [5.41, 5.74) is 1.11. The highest BCUT2D eigenvalue weighted by molar-refractivity contribution is 7.94. The number of likely N-dealkylation sites (N-methyl/N-ethyl adjacent to an activating group) is 1. The minimum Gasteiger partial charge on any atom is -0.376 e. The van der Waals surface area contributed by atoms with E-state index in [0.29, 0.717) is 5.03 Å². The topological polar surface area (TPSA) is 28.2 Å². The van der Waals surface area contributed by atoms with Crippen molar-refractivity contribution in [1.82, 2.24) is 9.88 Å². The molecule has 0 spiro atoms. The van der Waals surface area contributed by atoms with Gasteiger partial charge in [0.05, 0.1) is 0 Å². The van der Waals surface area contributed by atoms with E-state index in [-0.39, 0.29) is 18.2 Å². The van der Waals surface area contributed by atoms with Gasteiger partial charge in [-0.15, -0.1) is 6.58 Å². The number of hydrogen-bond donors (Lipinski definition) is 1. The van der Waals surface area contributed by atoms with Crippen molar-refractivity contribution < 1.29 is 3.89 Å². The highest BCUT2D eigenvalue weighted by atomic mass is 32.2. The van der Waals surface area contributed by atoms with E-state index >= 15 is 0 Å². The van der Waals surface area contributed by atoms with Crippen molar-refractivity contribution in [2.75, 3.05) is 18.4 Å². The van der Waals surface area contributed by atoms with E-state index in [1.54, 1.807) is 0 Å². The maximum atomic E-state index is 13.0. The van der Waals surface area contributed by atoms with Crippen LogP contribution in [0, 0.1) is 0 Å². The summed E-state index contributed by atoms with van der Waals surface area (Å²) >= 11 is 0.197. The Morgan fingerprint density at radius 2 is 2.17 bits per heavy atom. The summed E-state index contributed by atoms with van der Waals surface area (Å²) in [6.07, 6.45) is 7.60. The van der Waals surface area contributed by atoms with Crippen molar-refractivity contribution >= 4 is 18.0 Å². The number of pyridine rings is 1. The van der Waals surface area contributed by atoms with Gasteiger partial charge in [0, 0.05) is 19.1 Å². The molecular weight excluding hydrogens is 309 g/mol. The summed E-state index contributed by atoms with van der Waals surface area (Å²) in [4.78, 5) is 6.50. The Balaban J connectivity index is 2.89. The Morgan fingerprint density at radius 3 is 2.74 bits per heavy atom. The molecule has 1 N–H and O–H groups in total. The number of hydrogen-bond acceptors (Lipinski definition) is 4. The molecule has 0 saturated carbocycles. The lowest BCUT2D eigenvalue weighted by molar-refractivity contribution is 0.366. The Labute approximate surface area is 144 Å². The molecular formula is C18H28FN3S. The number of anilines is 1. The zero-order valence-electron chi connectivity index (χ0n) is 14.2. The summed E-state index contributed by atoms with van der Waals surface area (Å²) in [6.45, 7) is 13.6. The summed E-state index contributed by atoms with van der Waals surface area (Å²) in [7, 11) is 0. The summed E-state index contributed by atoms with van der Waals surface area (Å²) in [5.74, 6) is 0.741. The van der Waals surface area contributed by atoms with E-state index in [9.17, 15) is 3.89 Å². The van der Waals surface area contributed by atoms with E-state index in [1.807, 2.05) is 24.4 Å². The van der Waals surface area contributed by atoms with Crippen molar-refractivity contribution in [3.05, 3.63) is 43.1 Å². The zero-order valence-corrected chi connectivity index (χ0v) is 15.0. The van der Waals surface area contributed by atoms with E-state index < -0.39 is 0 Å². The SMILES string of the molecule is C=CCCC(CN(C=C)CC)Nc1cc(CCC)cc(SF)n1. The quantitative estimate of drug-likeness (QED) is 0.529. The van der Waals surface area contributed by atoms with Gasteiger partial charge in [0.15, 0.2) is 0 Å². The molecule has 0 aliphatic heterocycles. The number of rotatable bonds is 12. The number of allylic oxidation sites excluding steroid dienone is 1. The largest absolute Gasteiger partial charge is 0.376 e. The van der Waals surface area contributed by atoms with Gasteiger partial charge in [0.2, 0.25) is 0 Å². The maximum Gasteiger partial charge on any atom is 0.131 e. The average molecular weight is 338 g/mol. The van der Waals surface area contributed by atoms with E-state index in [2.05, 4.69) is 42.2 Å². The maximum absolute atomic E-state index is 13.0. The molecule has 0 aromatic carbocycles. The highest BCUT2D eigenvalue weighted by Crippen LogP contribution is 2.22. The summed E-state index contributed by atoms with van der Waals surface area (Å²) in [6, 6.07) is 4.06. The van der Waals surface area contributed by atoms with Crippen LogP contribution in [-0.2, 0) is 6.42 Å². The first-order valence-corrected chi connectivity index (χ1v) is 8.92. The van der Waals surface area contributed by atoms with Crippen LogP contribution in [-0.4, -0.2) is 29.0 Å². The summed E-state index contributed by atoms with van der Waals surface area (Å²) in [5, 5.41) is 3.87. The minimum absolute atomic E-state index is 0.197. The molecule has 5 heteroatoms. The van der Waals surface area contributed by atoms with Gasteiger partial charge >= 0.3 is 0 Å². The second-order valence-electron chi connectivity index (χ2n) is 5.50. The predicted molar refractivity (Wildman–Crippen MR) is 99.5 cm³/mol. The molecule has 0 aliphatic rings. The molecule has 1 atom stereocenters. The second kappa shape index (κ2) is 11.1. The second-order valence-corrected chi connectivity index (χ2v) is 6.08. The molecule has 1 aromatic heterocycles. The molecule has 23 heavy (non-hydrogen) atoms. The van der Waals surface area contributed by atoms with E-state index in [0.717, 1.165) is 50.2 Å². The third kappa shape index (κ3) is 7.08. The number of aryl methyl sites for hydroxylation is 1. The number of aromatic nitrogens is 1. The third-order valence-corrected chi connectivity index (χ3v) is 4.04. The first kappa shape index (κ1) is 19.6. The minimum atomic E-state index is 0.197. The lowest BCUT2D eigenvalue weighted by Gasteiger charge is -2.26. The van der Waals surface area contributed by atoms with Crippen LogP contribution in [0.15, 0.2) is 42.6 Å². The number of halogens is 1. The molecule has 0 bridgehead atoms. The standard InChI is InChI=1S/C18H28FN3S/c1-5-9-11-16(14-22(7-3)8-4)20-17-12-15(10-6-2)13-18(21-17)23-19/h5,7,12-13,16H,1,3,6,8-11,14H2,2,4H3,(H,20,21). The lowest BCUT2D eigenvalue weighted by Crippen LogP contribution is -2.34. The van der Waals surface area contributed by atoms with Crippen LogP contribution in [0.25, 0.3) is 0 Å². The van der Waals surface area contributed by atoms with Crippen LogP contribution in [0.2, 0.25) is 0 Å². The fourth-order valence-electron chi connectivity index (χ4n) is 2.46. The van der Waals surface area contributed by atoms with Gasteiger partial charge in [-0.25, -0.2) is 4.98 Å². The molecule has 3 nitrogen and oxygen atoms in total. The first-order valence-electron chi connectivity index (χ1n) is 8.20. The Morgan fingerprint density at radius 1 is 1.39 bits per heavy atom. The third-order valence-electron chi connectivity index (χ3n) is 3.67. The Hall–Kier alpha value is -1.49. The number of nitrogens with zero attached hydrogens (tertiary/aromatic N) is 2. The molecule has 0 amide bonds. The number of nitrogens with one attached hydrogen (secondary N) is 1. The van der Waals surface area contributed by atoms with Crippen molar-refractivity contribution in [3.63, 3.8) is 0 Å². The molecule has 1 heterocycles. The van der Waals surface area contributed by atoms with Crippen molar-refractivity contribution in [2.45, 2.75) is 50.6 Å². The van der Waals surface area contributed by atoms with Gasteiger partial charge in [-0.05, 0) is 50.1 Å². The molecule has 0 saturated heterocycles. The predicted octanol–water partition coefficient (Wildman–Crippen LogP) is 5.22. The van der Waals surface area contributed by atoms with Gasteiger partial charge in [-0.3, -0.25) is 0 Å². The van der Waals surface area contributed by atoms with Crippen LogP contribution in [0.3, 0.4) is 0 Å². The fourth-order valence-corrected chi connectivity index (χ4v) is 2.79. The first-order chi connectivity index (χ1) is 11.2. The van der Waals surface area contributed by atoms with Crippen molar-refractivity contribution in [1.29, 1.82) is 0 Å². The van der Waals surface area contributed by atoms with Gasteiger partial charge in [-0.2, -0.15) is 3.89 Å². The highest BCUT2D eigenvalue weighted by Gasteiger charge is 2.13. The molecule has 1 unspecified atom stereocenters. The van der Waals surface area contributed by atoms with E-state index in [4.69, 9.17) is 0 Å². The van der Waals surface area contributed by atoms with Crippen LogP contribution in [0.5, 0.6) is 0 Å². The van der Waals surface area contributed by atoms with Crippen molar-refractivity contribution in [3.8, 4) is 0 Å². The van der Waals surface area contributed by atoms with Gasteiger partial charge in [-0.1, -0.05) is 26.0 Å². The smallest absolute Gasteiger partial charge is 0.131 e. The van der Waals surface area contributed by atoms with Crippen molar-refractivity contribution in [2.24, 2.45) is 0 Å². The fraction of sp³-hybridized carbons (Fsp3) is 0.500. The zero-order chi connectivity index (χ0) is 17.1. The molecule has 1 rings (SSSR count). The van der Waals surface area contributed by atoms with Crippen LogP contribution >= 0.6 is 12.1 Å². The van der Waals surface area contributed by atoms with Gasteiger partial charge in [0.1, 0.15) is 23.0 Å². The molecule has 0 aliphatic carbocycles. The molecule has 1 aromatic rings. The van der Waals surface area contributed by atoms with E-state index in [1.165, 1.54) is 0 Å². The molecule has 0 radical (unpaired) electrons. The molecule has 0 fully saturated rings. The molecule has 128 valence electrons. The van der Waals surface area contributed by atoms with Crippen LogP contribution in [0.1, 0.15) is 38.7 Å². The van der Waals surface area contributed by atoms with Crippen LogP contribution < -0.4 is 5.32 Å². The monoisotopic (exact) mass is 337 g/mol. The Kier molecular flexibility index (Phi) is 9.45. The average Bonchev–Trinajstić information content (AvgIpc) is 2.57. The Bertz CT molecular complexity index is 493. The van der Waals surface area contributed by atoms with Gasteiger partial charge in [0.25, 0.3) is 0 Å². The summed E-state index contributed by atoms with van der Waals surface area (Å²) < 4.78 is 13.0. The van der Waals surface area contributed by atoms with Gasteiger partial charge < -0.3 is 10.2 Å². The lowest BCUT2D eigenvalue weighted by atomic mass is 10.1. The van der Waals surface area contributed by atoms with Crippen LogP contribution in [0.4, 0.5) is 9.70 Å².